The first-order valence-corrected chi connectivity index (χ1v) is 2.68. The van der Waals surface area contributed by atoms with E-state index in [1.165, 1.54) is 0 Å². The van der Waals surface area contributed by atoms with Crippen LogP contribution in [0.25, 0.3) is 0 Å². The molecule has 0 amide bonds. The molecular weight excluding hydrogens is 106 g/mol. The third-order valence-corrected chi connectivity index (χ3v) is 1.54. The van der Waals surface area contributed by atoms with E-state index in [2.05, 4.69) is 0 Å². The van der Waals surface area contributed by atoms with Crippen LogP contribution in [0.5, 0.6) is 0 Å². The molecular formula is C5H9NO2. The zero-order chi connectivity index (χ0) is 6.15. The summed E-state index contributed by atoms with van der Waals surface area (Å²) < 4.78 is 0. The maximum Gasteiger partial charge on any atom is 0.306 e. The third kappa shape index (κ3) is 0.816. The van der Waals surface area contributed by atoms with Gasteiger partial charge in [-0.25, -0.2) is 0 Å². The normalized spacial score (nSPS) is 34.6. The lowest BCUT2D eigenvalue weighted by atomic mass is 10.3. The Hall–Kier alpha value is -0.570. The van der Waals surface area contributed by atoms with Crippen molar-refractivity contribution in [3.63, 3.8) is 0 Å². The Morgan fingerprint density at radius 1 is 1.88 bits per heavy atom. The lowest BCUT2D eigenvalue weighted by molar-refractivity contribution is -0.138. The summed E-state index contributed by atoms with van der Waals surface area (Å²) >= 11 is 0. The Kier molecular flexibility index (Phi) is 1.21. The van der Waals surface area contributed by atoms with Gasteiger partial charge in [-0.1, -0.05) is 0 Å². The lowest BCUT2D eigenvalue weighted by Gasteiger charge is -1.85. The van der Waals surface area contributed by atoms with Gasteiger partial charge in [-0.15, -0.1) is 0 Å². The maximum absolute atomic E-state index is 10.1. The second-order valence-corrected chi connectivity index (χ2v) is 2.18. The molecule has 8 heavy (non-hydrogen) atoms. The average Bonchev–Trinajstić information content (AvgIpc) is 2.42. The van der Waals surface area contributed by atoms with Crippen molar-refractivity contribution >= 4 is 5.97 Å². The van der Waals surface area contributed by atoms with Crippen molar-refractivity contribution in [3.8, 4) is 0 Å². The molecule has 1 aliphatic rings. The molecule has 3 nitrogen and oxygen atoms in total. The predicted molar refractivity (Wildman–Crippen MR) is 28.3 cm³/mol. The number of carboxylic acid groups (broad SMARTS) is 1. The van der Waals surface area contributed by atoms with Crippen molar-refractivity contribution < 1.29 is 9.90 Å². The highest BCUT2D eigenvalue weighted by molar-refractivity contribution is 5.73. The Morgan fingerprint density at radius 2 is 2.50 bits per heavy atom. The first-order chi connectivity index (χ1) is 3.75. The van der Waals surface area contributed by atoms with Crippen LogP contribution < -0.4 is 5.73 Å². The van der Waals surface area contributed by atoms with E-state index in [0.29, 0.717) is 6.54 Å². The number of nitrogens with two attached hydrogens (primary N) is 1. The van der Waals surface area contributed by atoms with Crippen LogP contribution in [0.4, 0.5) is 0 Å². The molecule has 0 aromatic heterocycles. The molecule has 0 spiro atoms. The number of carbonyl (C=O) groups is 1. The molecule has 1 fully saturated rings. The molecule has 1 saturated carbocycles. The molecule has 0 aromatic rings. The summed E-state index contributed by atoms with van der Waals surface area (Å²) in [5, 5.41) is 8.30. The molecule has 0 bridgehead atoms. The van der Waals surface area contributed by atoms with Crippen molar-refractivity contribution in [2.45, 2.75) is 6.42 Å². The van der Waals surface area contributed by atoms with Crippen LogP contribution in [0.15, 0.2) is 0 Å². The van der Waals surface area contributed by atoms with E-state index in [1.54, 1.807) is 0 Å². The Morgan fingerprint density at radius 3 is 2.62 bits per heavy atom. The molecule has 1 aliphatic carbocycles. The number of rotatable bonds is 2. The molecule has 46 valence electrons. The third-order valence-electron chi connectivity index (χ3n) is 1.54. The van der Waals surface area contributed by atoms with Crippen molar-refractivity contribution in [2.75, 3.05) is 6.54 Å². The van der Waals surface area contributed by atoms with Crippen molar-refractivity contribution in [1.29, 1.82) is 0 Å². The van der Waals surface area contributed by atoms with Crippen molar-refractivity contribution in [2.24, 2.45) is 17.6 Å². The number of carboxylic acids is 1. The van der Waals surface area contributed by atoms with Crippen LogP contribution in [0.2, 0.25) is 0 Å². The fraction of sp³-hybridized carbons (Fsp3) is 0.800. The van der Waals surface area contributed by atoms with Crippen molar-refractivity contribution in [1.82, 2.24) is 0 Å². The van der Waals surface area contributed by atoms with E-state index in [0.717, 1.165) is 6.42 Å². The fourth-order valence-corrected chi connectivity index (χ4v) is 0.811. The fourth-order valence-electron chi connectivity index (χ4n) is 0.811. The minimum atomic E-state index is -0.694. The quantitative estimate of drug-likeness (QED) is 0.517. The molecule has 3 N–H and O–H groups in total. The van der Waals surface area contributed by atoms with E-state index in [9.17, 15) is 4.79 Å². The summed E-state index contributed by atoms with van der Waals surface area (Å²) in [5.74, 6) is -0.548. The highest BCUT2D eigenvalue weighted by Gasteiger charge is 2.41. The first-order valence-electron chi connectivity index (χ1n) is 2.68. The minimum absolute atomic E-state index is 0.125. The second-order valence-electron chi connectivity index (χ2n) is 2.18. The highest BCUT2D eigenvalue weighted by atomic mass is 16.4. The summed E-state index contributed by atoms with van der Waals surface area (Å²) in [5.41, 5.74) is 5.20. The van der Waals surface area contributed by atoms with Crippen LogP contribution in [0.3, 0.4) is 0 Å². The van der Waals surface area contributed by atoms with Gasteiger partial charge in [0.05, 0.1) is 5.92 Å². The molecule has 0 aliphatic heterocycles. The Labute approximate surface area is 47.5 Å². The van der Waals surface area contributed by atoms with E-state index >= 15 is 0 Å². The molecule has 0 heterocycles. The van der Waals surface area contributed by atoms with Gasteiger partial charge in [0.25, 0.3) is 0 Å². The van der Waals surface area contributed by atoms with Crippen LogP contribution in [-0.4, -0.2) is 17.6 Å². The Balaban J connectivity index is 2.26. The van der Waals surface area contributed by atoms with Crippen LogP contribution in [0.1, 0.15) is 6.42 Å². The number of hydrogen-bond acceptors (Lipinski definition) is 2. The largest absolute Gasteiger partial charge is 0.481 e. The molecule has 1 rings (SSSR count). The molecule has 0 radical (unpaired) electrons. The van der Waals surface area contributed by atoms with Gasteiger partial charge in [0, 0.05) is 0 Å². The summed E-state index contributed by atoms with van der Waals surface area (Å²) in [6.07, 6.45) is 0.784. The van der Waals surface area contributed by atoms with Gasteiger partial charge < -0.3 is 10.8 Å². The second kappa shape index (κ2) is 1.74. The van der Waals surface area contributed by atoms with E-state index in [4.69, 9.17) is 10.8 Å². The summed E-state index contributed by atoms with van der Waals surface area (Å²) in [6.45, 7) is 0.525. The molecule has 3 heteroatoms. The van der Waals surface area contributed by atoms with Gasteiger partial charge in [0.1, 0.15) is 0 Å². The topological polar surface area (TPSA) is 63.3 Å². The zero-order valence-electron chi connectivity index (χ0n) is 4.50. The molecule has 1 unspecified atom stereocenters. The van der Waals surface area contributed by atoms with Crippen LogP contribution in [-0.2, 0) is 4.79 Å². The van der Waals surface area contributed by atoms with Crippen molar-refractivity contribution in [3.05, 3.63) is 0 Å². The van der Waals surface area contributed by atoms with Gasteiger partial charge in [-0.05, 0) is 18.9 Å². The van der Waals surface area contributed by atoms with Gasteiger partial charge in [0.2, 0.25) is 0 Å². The average molecular weight is 115 g/mol. The van der Waals surface area contributed by atoms with Gasteiger partial charge >= 0.3 is 5.97 Å². The SMILES string of the molecule is NCC1C[C@H]1C(=O)O. The number of hydrogen-bond donors (Lipinski definition) is 2. The number of aliphatic carboxylic acids is 1. The van der Waals surface area contributed by atoms with E-state index in [-0.39, 0.29) is 11.8 Å². The minimum Gasteiger partial charge on any atom is -0.481 e. The maximum atomic E-state index is 10.1. The standard InChI is InChI=1S/C5H9NO2/c6-2-3-1-4(3)5(7)8/h3-4H,1-2,6H2,(H,7,8)/t3?,4-/m1/s1. The highest BCUT2D eigenvalue weighted by Crippen LogP contribution is 2.37. The van der Waals surface area contributed by atoms with Crippen LogP contribution >= 0.6 is 0 Å². The molecule has 0 saturated heterocycles. The molecule has 2 atom stereocenters. The monoisotopic (exact) mass is 115 g/mol. The smallest absolute Gasteiger partial charge is 0.306 e. The first kappa shape index (κ1) is 5.56. The summed E-state index contributed by atoms with van der Waals surface area (Å²) in [7, 11) is 0. The summed E-state index contributed by atoms with van der Waals surface area (Å²) in [4.78, 5) is 10.1. The summed E-state index contributed by atoms with van der Waals surface area (Å²) in [6, 6.07) is 0. The Bertz CT molecular complexity index is 113. The van der Waals surface area contributed by atoms with E-state index < -0.39 is 5.97 Å². The van der Waals surface area contributed by atoms with Gasteiger partial charge in [-0.2, -0.15) is 0 Å². The lowest BCUT2D eigenvalue weighted by Crippen LogP contribution is -2.07. The molecule has 0 aromatic carbocycles. The predicted octanol–water partition coefficient (Wildman–Crippen LogP) is -0.334. The zero-order valence-corrected chi connectivity index (χ0v) is 4.50. The van der Waals surface area contributed by atoms with Gasteiger partial charge in [0.15, 0.2) is 0 Å². The van der Waals surface area contributed by atoms with E-state index in [1.807, 2.05) is 0 Å². The van der Waals surface area contributed by atoms with Crippen LogP contribution in [0, 0.1) is 11.8 Å². The van der Waals surface area contributed by atoms with Gasteiger partial charge in [-0.3, -0.25) is 4.79 Å².